The lowest BCUT2D eigenvalue weighted by Gasteiger charge is -2.37. The van der Waals surface area contributed by atoms with E-state index in [0.717, 1.165) is 37.5 Å². The van der Waals surface area contributed by atoms with Crippen molar-refractivity contribution in [2.45, 2.75) is 24.8 Å². The molecule has 0 saturated heterocycles. The minimum absolute atomic E-state index is 0.277. The Bertz CT molecular complexity index is 526. The molecule has 0 spiro atoms. The summed E-state index contributed by atoms with van der Waals surface area (Å²) in [5.74, 6) is 1.46. The Morgan fingerprint density at radius 1 is 1.40 bits per heavy atom. The van der Waals surface area contributed by atoms with Crippen LogP contribution in [0.15, 0.2) is 23.2 Å². The molecule has 1 aliphatic carbocycles. The molecule has 0 amide bonds. The Morgan fingerprint density at radius 2 is 2.20 bits per heavy atom. The molecule has 5 heteroatoms. The minimum Gasteiger partial charge on any atom is -0.494 e. The molecule has 0 unspecified atom stereocenters. The zero-order chi connectivity index (χ0) is 14.1. The topological polar surface area (TPSA) is 36.9 Å². The zero-order valence-corrected chi connectivity index (χ0v) is 11.9. The zero-order valence-electron chi connectivity index (χ0n) is 11.9. The summed E-state index contributed by atoms with van der Waals surface area (Å²) < 4.78 is 18.6. The second-order valence-electron chi connectivity index (χ2n) is 5.53. The lowest BCUT2D eigenvalue weighted by Crippen LogP contribution is -2.47. The van der Waals surface area contributed by atoms with Crippen molar-refractivity contribution >= 4 is 5.96 Å². The monoisotopic (exact) mass is 277 g/mol. The van der Waals surface area contributed by atoms with Crippen molar-refractivity contribution in [1.29, 1.82) is 0 Å². The van der Waals surface area contributed by atoms with E-state index < -0.39 is 0 Å². The van der Waals surface area contributed by atoms with Crippen LogP contribution in [0.25, 0.3) is 0 Å². The molecule has 108 valence electrons. The first-order valence-corrected chi connectivity index (χ1v) is 7.03. The molecular formula is C15H20FN3O. The molecule has 1 aromatic carbocycles. The van der Waals surface area contributed by atoms with Gasteiger partial charge in [0, 0.05) is 19.6 Å². The molecule has 3 rings (SSSR count). The normalized spacial score (nSPS) is 25.1. The van der Waals surface area contributed by atoms with E-state index in [2.05, 4.69) is 15.2 Å². The molecule has 1 aromatic rings. The predicted octanol–water partition coefficient (Wildman–Crippen LogP) is 1.97. The van der Waals surface area contributed by atoms with Gasteiger partial charge in [-0.3, -0.25) is 4.99 Å². The van der Waals surface area contributed by atoms with Gasteiger partial charge in [-0.2, -0.15) is 0 Å². The van der Waals surface area contributed by atoms with Gasteiger partial charge in [-0.15, -0.1) is 0 Å². The van der Waals surface area contributed by atoms with E-state index in [9.17, 15) is 4.39 Å². The summed E-state index contributed by atoms with van der Waals surface area (Å²) in [5.41, 5.74) is 1.06. The highest BCUT2D eigenvalue weighted by Gasteiger charge is 2.32. The average molecular weight is 277 g/mol. The van der Waals surface area contributed by atoms with Gasteiger partial charge in [0.1, 0.15) is 0 Å². The molecule has 0 radical (unpaired) electrons. The Hall–Kier alpha value is -1.78. The molecule has 1 saturated carbocycles. The van der Waals surface area contributed by atoms with Crippen molar-refractivity contribution in [3.63, 3.8) is 0 Å². The Labute approximate surface area is 118 Å². The molecule has 1 heterocycles. The summed E-state index contributed by atoms with van der Waals surface area (Å²) in [4.78, 5) is 6.57. The Balaban J connectivity index is 1.56. The number of methoxy groups -OCH3 is 1. The van der Waals surface area contributed by atoms with Crippen LogP contribution in [0.3, 0.4) is 0 Å². The summed E-state index contributed by atoms with van der Waals surface area (Å²) in [6.45, 7) is 1.86. The van der Waals surface area contributed by atoms with E-state index in [1.54, 1.807) is 12.1 Å². The van der Waals surface area contributed by atoms with E-state index in [-0.39, 0.29) is 5.82 Å². The van der Waals surface area contributed by atoms with Crippen LogP contribution >= 0.6 is 0 Å². The molecule has 2 aliphatic rings. The average Bonchev–Trinajstić information content (AvgIpc) is 2.79. The number of aliphatic imine (C=N–C) groups is 1. The Morgan fingerprint density at radius 3 is 2.80 bits per heavy atom. The highest BCUT2D eigenvalue weighted by molar-refractivity contribution is 5.81. The number of hydrogen-bond acceptors (Lipinski definition) is 4. The lowest BCUT2D eigenvalue weighted by atomic mass is 9.76. The minimum atomic E-state index is -0.277. The maximum absolute atomic E-state index is 13.7. The third-order valence-electron chi connectivity index (χ3n) is 4.18. The van der Waals surface area contributed by atoms with Gasteiger partial charge in [-0.25, -0.2) is 4.39 Å². The molecule has 0 bridgehead atoms. The van der Waals surface area contributed by atoms with Crippen LogP contribution in [-0.2, 0) is 0 Å². The fourth-order valence-electron chi connectivity index (χ4n) is 2.82. The second kappa shape index (κ2) is 5.31. The number of nitrogens with zero attached hydrogens (tertiary/aromatic N) is 2. The number of nitrogens with one attached hydrogen (secondary N) is 1. The summed E-state index contributed by atoms with van der Waals surface area (Å²) in [7, 11) is 3.54. The van der Waals surface area contributed by atoms with E-state index >= 15 is 0 Å². The fourth-order valence-corrected chi connectivity index (χ4v) is 2.82. The molecule has 1 aliphatic heterocycles. The summed E-state index contributed by atoms with van der Waals surface area (Å²) in [5, 5.41) is 3.46. The SMILES string of the molecule is COc1ccc(C2CC(NC3=NCCN3C)C2)cc1F. The second-order valence-corrected chi connectivity index (χ2v) is 5.53. The van der Waals surface area contributed by atoms with Gasteiger partial charge in [-0.1, -0.05) is 6.07 Å². The van der Waals surface area contributed by atoms with Crippen molar-refractivity contribution in [2.75, 3.05) is 27.2 Å². The standard InChI is InChI=1S/C15H20FN3O/c1-19-6-5-17-15(19)18-12-7-11(8-12)10-3-4-14(20-2)13(16)9-10/h3-4,9,11-12H,5-8H2,1-2H3,(H,17,18). The molecular weight excluding hydrogens is 257 g/mol. The van der Waals surface area contributed by atoms with E-state index in [1.165, 1.54) is 7.11 Å². The van der Waals surface area contributed by atoms with Crippen LogP contribution in [0, 0.1) is 5.82 Å². The fraction of sp³-hybridized carbons (Fsp3) is 0.533. The van der Waals surface area contributed by atoms with E-state index in [0.29, 0.717) is 17.7 Å². The van der Waals surface area contributed by atoms with Crippen LogP contribution in [-0.4, -0.2) is 44.1 Å². The van der Waals surface area contributed by atoms with Gasteiger partial charge in [0.25, 0.3) is 0 Å². The third kappa shape index (κ3) is 2.44. The van der Waals surface area contributed by atoms with Crippen molar-refractivity contribution in [1.82, 2.24) is 10.2 Å². The summed E-state index contributed by atoms with van der Waals surface area (Å²) >= 11 is 0. The van der Waals surface area contributed by atoms with Gasteiger partial charge in [-0.05, 0) is 36.5 Å². The highest BCUT2D eigenvalue weighted by atomic mass is 19.1. The quantitative estimate of drug-likeness (QED) is 0.918. The first-order valence-electron chi connectivity index (χ1n) is 7.03. The van der Waals surface area contributed by atoms with Crippen molar-refractivity contribution in [2.24, 2.45) is 4.99 Å². The molecule has 1 fully saturated rings. The number of halogens is 1. The van der Waals surface area contributed by atoms with Gasteiger partial charge in [0.15, 0.2) is 17.5 Å². The Kier molecular flexibility index (Phi) is 3.51. The number of likely N-dealkylation sites (N-methyl/N-ethyl adjacent to an activating group) is 1. The first kappa shape index (κ1) is 13.2. The number of guanidine groups is 1. The summed E-state index contributed by atoms with van der Waals surface area (Å²) in [6, 6.07) is 5.71. The van der Waals surface area contributed by atoms with Gasteiger partial charge in [0.05, 0.1) is 13.7 Å². The largest absolute Gasteiger partial charge is 0.494 e. The van der Waals surface area contributed by atoms with Crippen LogP contribution in [0.4, 0.5) is 4.39 Å². The van der Waals surface area contributed by atoms with Gasteiger partial charge < -0.3 is 15.0 Å². The van der Waals surface area contributed by atoms with E-state index in [1.807, 2.05) is 13.1 Å². The number of hydrogen-bond donors (Lipinski definition) is 1. The number of ether oxygens (including phenoxy) is 1. The molecule has 20 heavy (non-hydrogen) atoms. The maximum atomic E-state index is 13.7. The van der Waals surface area contributed by atoms with Crippen molar-refractivity contribution < 1.29 is 9.13 Å². The number of rotatable bonds is 3. The molecule has 4 nitrogen and oxygen atoms in total. The van der Waals surface area contributed by atoms with Crippen LogP contribution in [0.5, 0.6) is 5.75 Å². The highest BCUT2D eigenvalue weighted by Crippen LogP contribution is 2.38. The van der Waals surface area contributed by atoms with Gasteiger partial charge in [0.2, 0.25) is 0 Å². The maximum Gasteiger partial charge on any atom is 0.194 e. The van der Waals surface area contributed by atoms with Crippen LogP contribution < -0.4 is 10.1 Å². The molecule has 0 atom stereocenters. The molecule has 0 aromatic heterocycles. The third-order valence-corrected chi connectivity index (χ3v) is 4.18. The molecule has 1 N–H and O–H groups in total. The smallest absolute Gasteiger partial charge is 0.194 e. The van der Waals surface area contributed by atoms with Crippen molar-refractivity contribution in [3.05, 3.63) is 29.6 Å². The van der Waals surface area contributed by atoms with Crippen LogP contribution in [0.1, 0.15) is 24.3 Å². The predicted molar refractivity (Wildman–Crippen MR) is 76.8 cm³/mol. The number of benzene rings is 1. The van der Waals surface area contributed by atoms with Crippen molar-refractivity contribution in [3.8, 4) is 5.75 Å². The lowest BCUT2D eigenvalue weighted by molar-refractivity contribution is 0.314. The van der Waals surface area contributed by atoms with Gasteiger partial charge >= 0.3 is 0 Å². The summed E-state index contributed by atoms with van der Waals surface area (Å²) in [6.07, 6.45) is 2.05. The first-order chi connectivity index (χ1) is 9.67. The van der Waals surface area contributed by atoms with Crippen LogP contribution in [0.2, 0.25) is 0 Å². The van der Waals surface area contributed by atoms with E-state index in [4.69, 9.17) is 4.74 Å².